The van der Waals surface area contributed by atoms with E-state index in [2.05, 4.69) is 25.7 Å². The Kier molecular flexibility index (Phi) is 3.25. The molecule has 0 bridgehead atoms. The highest BCUT2D eigenvalue weighted by atomic mass is 15.3. The van der Waals surface area contributed by atoms with E-state index in [1.807, 2.05) is 12.1 Å². The Hall–Kier alpha value is -2.21. The van der Waals surface area contributed by atoms with Gasteiger partial charge < -0.3 is 5.32 Å². The van der Waals surface area contributed by atoms with Crippen LogP contribution in [0.3, 0.4) is 0 Å². The van der Waals surface area contributed by atoms with E-state index in [-0.39, 0.29) is 0 Å². The average Bonchev–Trinajstić information content (AvgIpc) is 2.38. The molecule has 0 saturated heterocycles. The summed E-state index contributed by atoms with van der Waals surface area (Å²) in [6.45, 7) is 0.684. The first-order valence-corrected chi connectivity index (χ1v) is 4.81. The maximum absolute atomic E-state index is 5.21. The Balaban J connectivity index is 1.99. The summed E-state index contributed by atoms with van der Waals surface area (Å²) in [7, 11) is 0. The van der Waals surface area contributed by atoms with Crippen LogP contribution in [0.5, 0.6) is 0 Å². The van der Waals surface area contributed by atoms with Crippen molar-refractivity contribution in [3.05, 3.63) is 42.4 Å². The topological polar surface area (TPSA) is 88.8 Å². The molecule has 0 unspecified atom stereocenters. The molecular weight excluding hydrogens is 204 g/mol. The van der Waals surface area contributed by atoms with Crippen LogP contribution in [0.25, 0.3) is 0 Å². The summed E-state index contributed by atoms with van der Waals surface area (Å²) in [5, 5.41) is 3.16. The van der Waals surface area contributed by atoms with Crippen molar-refractivity contribution in [1.82, 2.24) is 15.0 Å². The van der Waals surface area contributed by atoms with Crippen LogP contribution in [-0.4, -0.2) is 15.0 Å². The van der Waals surface area contributed by atoms with Crippen molar-refractivity contribution >= 4 is 11.8 Å². The standard InChI is InChI=1S/C10H12N6/c11-16-10-13-6-3-9(15-10)14-7-8-1-4-12-5-2-8/h1-6H,7,11H2,(H2,13,14,15,16). The summed E-state index contributed by atoms with van der Waals surface area (Å²) < 4.78 is 0. The number of nitrogens with two attached hydrogens (primary N) is 1. The normalized spacial score (nSPS) is 9.81. The summed E-state index contributed by atoms with van der Waals surface area (Å²) in [6, 6.07) is 5.66. The van der Waals surface area contributed by atoms with Gasteiger partial charge in [0, 0.05) is 25.1 Å². The highest BCUT2D eigenvalue weighted by molar-refractivity contribution is 5.39. The molecule has 0 atom stereocenters. The third-order valence-electron chi connectivity index (χ3n) is 2.01. The van der Waals surface area contributed by atoms with Crippen molar-refractivity contribution in [3.63, 3.8) is 0 Å². The van der Waals surface area contributed by atoms with Gasteiger partial charge in [0.1, 0.15) is 5.82 Å². The second kappa shape index (κ2) is 5.04. The largest absolute Gasteiger partial charge is 0.366 e. The third kappa shape index (κ3) is 2.64. The van der Waals surface area contributed by atoms with Gasteiger partial charge in [-0.15, -0.1) is 0 Å². The minimum atomic E-state index is 0.389. The second-order valence-electron chi connectivity index (χ2n) is 3.12. The van der Waals surface area contributed by atoms with Crippen LogP contribution in [0.4, 0.5) is 11.8 Å². The molecule has 0 aliphatic heterocycles. The number of nitrogens with one attached hydrogen (secondary N) is 2. The molecule has 6 nitrogen and oxygen atoms in total. The number of nitrogen functional groups attached to an aromatic ring is 1. The van der Waals surface area contributed by atoms with E-state index in [9.17, 15) is 0 Å². The summed E-state index contributed by atoms with van der Waals surface area (Å²) in [5.41, 5.74) is 3.53. The van der Waals surface area contributed by atoms with Crippen LogP contribution in [-0.2, 0) is 6.54 Å². The van der Waals surface area contributed by atoms with Gasteiger partial charge in [-0.2, -0.15) is 4.98 Å². The highest BCUT2D eigenvalue weighted by Crippen LogP contribution is 2.06. The Morgan fingerprint density at radius 1 is 1.12 bits per heavy atom. The van der Waals surface area contributed by atoms with Gasteiger partial charge in [0.05, 0.1) is 0 Å². The fourth-order valence-electron chi connectivity index (χ4n) is 1.22. The van der Waals surface area contributed by atoms with Crippen molar-refractivity contribution < 1.29 is 0 Å². The first kappa shape index (κ1) is 10.3. The minimum Gasteiger partial charge on any atom is -0.366 e. The predicted octanol–water partition coefficient (Wildman–Crippen LogP) is 0.769. The molecule has 0 spiro atoms. The van der Waals surface area contributed by atoms with Gasteiger partial charge in [0.2, 0.25) is 5.95 Å². The number of pyridine rings is 1. The van der Waals surface area contributed by atoms with Crippen LogP contribution in [0.1, 0.15) is 5.56 Å². The van der Waals surface area contributed by atoms with Crippen molar-refractivity contribution in [2.24, 2.45) is 5.84 Å². The number of hydrazine groups is 1. The first-order chi connectivity index (χ1) is 7.88. The molecule has 0 aliphatic carbocycles. The molecule has 0 saturated carbocycles. The molecule has 2 heterocycles. The van der Waals surface area contributed by atoms with Crippen LogP contribution in [0.2, 0.25) is 0 Å². The average molecular weight is 216 g/mol. The Bertz CT molecular complexity index is 444. The van der Waals surface area contributed by atoms with E-state index >= 15 is 0 Å². The lowest BCUT2D eigenvalue weighted by Gasteiger charge is -2.06. The SMILES string of the molecule is NNc1nccc(NCc2ccncc2)n1. The first-order valence-electron chi connectivity index (χ1n) is 4.81. The van der Waals surface area contributed by atoms with Crippen molar-refractivity contribution in [2.45, 2.75) is 6.54 Å². The van der Waals surface area contributed by atoms with E-state index in [1.54, 1.807) is 24.7 Å². The summed E-state index contributed by atoms with van der Waals surface area (Å²) in [6.07, 6.45) is 5.14. The number of rotatable bonds is 4. The molecule has 4 N–H and O–H groups in total. The third-order valence-corrected chi connectivity index (χ3v) is 2.01. The number of aromatic nitrogens is 3. The molecule has 82 valence electrons. The molecule has 0 fully saturated rings. The maximum Gasteiger partial charge on any atom is 0.239 e. The molecule has 0 radical (unpaired) electrons. The number of nitrogens with zero attached hydrogens (tertiary/aromatic N) is 3. The molecule has 0 amide bonds. The van der Waals surface area contributed by atoms with Gasteiger partial charge in [-0.3, -0.25) is 10.4 Å². The van der Waals surface area contributed by atoms with Crippen molar-refractivity contribution in [3.8, 4) is 0 Å². The fourth-order valence-corrected chi connectivity index (χ4v) is 1.22. The smallest absolute Gasteiger partial charge is 0.239 e. The minimum absolute atomic E-state index is 0.389. The monoisotopic (exact) mass is 216 g/mol. The molecule has 6 heteroatoms. The zero-order valence-corrected chi connectivity index (χ0v) is 8.59. The molecule has 2 aromatic heterocycles. The highest BCUT2D eigenvalue weighted by Gasteiger charge is 1.97. The molecule has 2 rings (SSSR count). The lowest BCUT2D eigenvalue weighted by atomic mass is 10.3. The quantitative estimate of drug-likeness (QED) is 0.516. The van der Waals surface area contributed by atoms with Crippen LogP contribution in [0, 0.1) is 0 Å². The lowest BCUT2D eigenvalue weighted by molar-refractivity contribution is 1.06. The fraction of sp³-hybridized carbons (Fsp3) is 0.100. The van der Waals surface area contributed by atoms with Crippen LogP contribution >= 0.6 is 0 Å². The molecule has 16 heavy (non-hydrogen) atoms. The molecular formula is C10H12N6. The lowest BCUT2D eigenvalue weighted by Crippen LogP contribution is -2.11. The van der Waals surface area contributed by atoms with E-state index in [1.165, 1.54) is 0 Å². The van der Waals surface area contributed by atoms with E-state index in [0.29, 0.717) is 12.5 Å². The van der Waals surface area contributed by atoms with E-state index in [0.717, 1.165) is 11.4 Å². The van der Waals surface area contributed by atoms with Crippen LogP contribution < -0.4 is 16.6 Å². The van der Waals surface area contributed by atoms with Crippen LogP contribution in [0.15, 0.2) is 36.8 Å². The van der Waals surface area contributed by atoms with Gasteiger partial charge in [-0.1, -0.05) is 0 Å². The van der Waals surface area contributed by atoms with E-state index in [4.69, 9.17) is 5.84 Å². The van der Waals surface area contributed by atoms with Gasteiger partial charge in [-0.25, -0.2) is 10.8 Å². The number of anilines is 2. The zero-order chi connectivity index (χ0) is 11.2. The summed E-state index contributed by atoms with van der Waals surface area (Å²) >= 11 is 0. The molecule has 2 aromatic rings. The van der Waals surface area contributed by atoms with Gasteiger partial charge in [0.15, 0.2) is 0 Å². The summed E-state index contributed by atoms with van der Waals surface area (Å²) in [5.74, 6) is 6.33. The van der Waals surface area contributed by atoms with Crippen molar-refractivity contribution in [2.75, 3.05) is 10.7 Å². The van der Waals surface area contributed by atoms with Gasteiger partial charge in [-0.05, 0) is 23.8 Å². The number of hydrogen-bond donors (Lipinski definition) is 3. The summed E-state index contributed by atoms with van der Waals surface area (Å²) in [4.78, 5) is 12.0. The Morgan fingerprint density at radius 3 is 2.69 bits per heavy atom. The van der Waals surface area contributed by atoms with Crippen molar-refractivity contribution in [1.29, 1.82) is 0 Å². The van der Waals surface area contributed by atoms with Gasteiger partial charge >= 0.3 is 0 Å². The zero-order valence-electron chi connectivity index (χ0n) is 8.59. The maximum atomic E-state index is 5.21. The Morgan fingerprint density at radius 2 is 1.94 bits per heavy atom. The van der Waals surface area contributed by atoms with Gasteiger partial charge in [0.25, 0.3) is 0 Å². The second-order valence-corrected chi connectivity index (χ2v) is 3.12. The van der Waals surface area contributed by atoms with E-state index < -0.39 is 0 Å². The Labute approximate surface area is 92.9 Å². The number of hydrogen-bond acceptors (Lipinski definition) is 6. The molecule has 0 aromatic carbocycles. The predicted molar refractivity (Wildman–Crippen MR) is 61.4 cm³/mol. The molecule has 0 aliphatic rings.